The SMILES string of the molecule is N[C@@H]1CCCC12CCN(c1ncc(Sc3ccc(Cl)cc3Cl)c3nccn13)CC2. The van der Waals surface area contributed by atoms with Crippen LogP contribution >= 0.6 is 35.0 Å². The molecular formula is C21H23Cl2N5S. The zero-order valence-corrected chi connectivity index (χ0v) is 18.3. The Labute approximate surface area is 184 Å². The van der Waals surface area contributed by atoms with Crippen molar-refractivity contribution in [2.75, 3.05) is 18.0 Å². The first-order valence-electron chi connectivity index (χ1n) is 10.0. The van der Waals surface area contributed by atoms with Gasteiger partial charge in [0.1, 0.15) is 0 Å². The number of nitrogens with two attached hydrogens (primary N) is 1. The van der Waals surface area contributed by atoms with Crippen LogP contribution in [0.1, 0.15) is 32.1 Å². The molecule has 29 heavy (non-hydrogen) atoms. The molecule has 5 rings (SSSR count). The molecule has 3 heterocycles. The summed E-state index contributed by atoms with van der Waals surface area (Å²) >= 11 is 13.9. The minimum atomic E-state index is 0.339. The number of halogens is 2. The third-order valence-corrected chi connectivity index (χ3v) is 8.25. The molecule has 1 spiro atoms. The maximum Gasteiger partial charge on any atom is 0.211 e. The van der Waals surface area contributed by atoms with E-state index in [1.54, 1.807) is 17.8 Å². The standard InChI is InChI=1S/C21H23Cl2N5S/c22-14-3-4-16(15(23)12-14)29-17-13-26-20(28-11-8-25-19(17)28)27-9-6-21(7-10-27)5-1-2-18(21)24/h3-4,8,11-13,18H,1-2,5-7,9-10,24H2/t18-/m1/s1. The lowest BCUT2D eigenvalue weighted by Crippen LogP contribution is -2.47. The van der Waals surface area contributed by atoms with Gasteiger partial charge < -0.3 is 10.6 Å². The zero-order chi connectivity index (χ0) is 20.0. The minimum Gasteiger partial charge on any atom is -0.342 e. The zero-order valence-electron chi connectivity index (χ0n) is 16.0. The van der Waals surface area contributed by atoms with Crippen molar-refractivity contribution in [2.45, 2.75) is 47.9 Å². The number of hydrogen-bond acceptors (Lipinski definition) is 5. The van der Waals surface area contributed by atoms with Crippen LogP contribution in [-0.4, -0.2) is 33.5 Å². The van der Waals surface area contributed by atoms with Gasteiger partial charge in [-0.3, -0.25) is 4.40 Å². The van der Waals surface area contributed by atoms with Crippen molar-refractivity contribution in [1.29, 1.82) is 0 Å². The van der Waals surface area contributed by atoms with Gasteiger partial charge in [0.25, 0.3) is 0 Å². The molecule has 3 aromatic rings. The summed E-state index contributed by atoms with van der Waals surface area (Å²) in [6, 6.07) is 5.89. The Bertz CT molecular complexity index is 1040. The quantitative estimate of drug-likeness (QED) is 0.591. The minimum absolute atomic E-state index is 0.339. The lowest BCUT2D eigenvalue weighted by Gasteiger charge is -2.42. The molecule has 1 aromatic carbocycles. The maximum absolute atomic E-state index is 6.45. The van der Waals surface area contributed by atoms with Crippen molar-refractivity contribution in [3.8, 4) is 0 Å². The predicted molar refractivity (Wildman–Crippen MR) is 119 cm³/mol. The lowest BCUT2D eigenvalue weighted by molar-refractivity contribution is 0.197. The molecule has 1 atom stereocenters. The second kappa shape index (κ2) is 7.65. The van der Waals surface area contributed by atoms with Gasteiger partial charge in [0.15, 0.2) is 5.65 Å². The highest BCUT2D eigenvalue weighted by Crippen LogP contribution is 2.46. The van der Waals surface area contributed by atoms with E-state index < -0.39 is 0 Å². The van der Waals surface area contributed by atoms with Crippen LogP contribution < -0.4 is 10.6 Å². The molecule has 2 aliphatic rings. The van der Waals surface area contributed by atoms with E-state index >= 15 is 0 Å². The highest BCUT2D eigenvalue weighted by molar-refractivity contribution is 7.99. The van der Waals surface area contributed by atoms with Crippen LogP contribution in [0.4, 0.5) is 5.95 Å². The molecule has 152 valence electrons. The van der Waals surface area contributed by atoms with Gasteiger partial charge in [0.05, 0.1) is 9.92 Å². The molecule has 2 N–H and O–H groups in total. The second-order valence-corrected chi connectivity index (χ2v) is 10.00. The summed E-state index contributed by atoms with van der Waals surface area (Å²) in [5.74, 6) is 0.950. The number of rotatable bonds is 3. The van der Waals surface area contributed by atoms with Crippen molar-refractivity contribution in [1.82, 2.24) is 14.4 Å². The van der Waals surface area contributed by atoms with Crippen LogP contribution in [0.15, 0.2) is 46.6 Å². The van der Waals surface area contributed by atoms with E-state index in [1.165, 1.54) is 19.3 Å². The smallest absolute Gasteiger partial charge is 0.211 e. The molecule has 1 saturated carbocycles. The number of hydrogen-bond donors (Lipinski definition) is 1. The Morgan fingerprint density at radius 2 is 1.93 bits per heavy atom. The Morgan fingerprint density at radius 3 is 2.66 bits per heavy atom. The van der Waals surface area contributed by atoms with Gasteiger partial charge in [0.2, 0.25) is 5.95 Å². The van der Waals surface area contributed by atoms with Crippen molar-refractivity contribution in [2.24, 2.45) is 11.1 Å². The summed E-state index contributed by atoms with van der Waals surface area (Å²) in [5, 5.41) is 1.26. The van der Waals surface area contributed by atoms with E-state index in [1.807, 2.05) is 30.7 Å². The molecule has 1 aliphatic heterocycles. The average Bonchev–Trinajstić information content (AvgIpc) is 3.33. The lowest BCUT2D eigenvalue weighted by atomic mass is 9.74. The fraction of sp³-hybridized carbons (Fsp3) is 0.429. The van der Waals surface area contributed by atoms with E-state index in [2.05, 4.69) is 14.3 Å². The van der Waals surface area contributed by atoms with Crippen molar-refractivity contribution in [3.63, 3.8) is 0 Å². The molecule has 5 nitrogen and oxygen atoms in total. The largest absolute Gasteiger partial charge is 0.342 e. The van der Waals surface area contributed by atoms with E-state index in [9.17, 15) is 0 Å². The molecule has 2 fully saturated rings. The van der Waals surface area contributed by atoms with E-state index in [0.717, 1.165) is 47.3 Å². The molecule has 0 radical (unpaired) electrons. The summed E-state index contributed by atoms with van der Waals surface area (Å²) < 4.78 is 2.08. The van der Waals surface area contributed by atoms with Gasteiger partial charge in [-0.15, -0.1) is 0 Å². The van der Waals surface area contributed by atoms with Crippen molar-refractivity contribution < 1.29 is 0 Å². The fourth-order valence-corrected chi connectivity index (χ4v) is 6.21. The van der Waals surface area contributed by atoms with Gasteiger partial charge >= 0.3 is 0 Å². The first-order valence-corrected chi connectivity index (χ1v) is 11.6. The Morgan fingerprint density at radius 1 is 1.10 bits per heavy atom. The first-order chi connectivity index (χ1) is 14.1. The average molecular weight is 448 g/mol. The van der Waals surface area contributed by atoms with Crippen LogP contribution in [0.3, 0.4) is 0 Å². The number of imidazole rings is 1. The number of fused-ring (bicyclic) bond motifs is 1. The topological polar surface area (TPSA) is 59.5 Å². The highest BCUT2D eigenvalue weighted by Gasteiger charge is 2.43. The number of aromatic nitrogens is 3. The molecule has 1 saturated heterocycles. The number of benzene rings is 1. The third kappa shape index (κ3) is 3.50. The molecule has 0 unspecified atom stereocenters. The maximum atomic E-state index is 6.45. The van der Waals surface area contributed by atoms with Crippen molar-refractivity contribution in [3.05, 3.63) is 46.8 Å². The van der Waals surface area contributed by atoms with E-state index in [-0.39, 0.29) is 0 Å². The Hall–Kier alpha value is -1.47. The Kier molecular flexibility index (Phi) is 5.14. The van der Waals surface area contributed by atoms with Gasteiger partial charge in [-0.25, -0.2) is 9.97 Å². The van der Waals surface area contributed by atoms with Gasteiger partial charge in [-0.05, 0) is 49.3 Å². The third-order valence-electron chi connectivity index (χ3n) is 6.51. The predicted octanol–water partition coefficient (Wildman–Crippen LogP) is 5.29. The van der Waals surface area contributed by atoms with E-state index in [4.69, 9.17) is 33.9 Å². The molecule has 1 aliphatic carbocycles. The summed E-state index contributed by atoms with van der Waals surface area (Å²) in [5.41, 5.74) is 7.68. The van der Waals surface area contributed by atoms with Crippen LogP contribution in [0.25, 0.3) is 5.65 Å². The molecule has 0 amide bonds. The molecular weight excluding hydrogens is 425 g/mol. The Balaban J connectivity index is 1.41. The fourth-order valence-electron chi connectivity index (χ4n) is 4.80. The summed E-state index contributed by atoms with van der Waals surface area (Å²) in [4.78, 5) is 13.7. The first kappa shape index (κ1) is 19.5. The highest BCUT2D eigenvalue weighted by atomic mass is 35.5. The normalized spacial score (nSPS) is 21.3. The summed E-state index contributed by atoms with van der Waals surface area (Å²) in [7, 11) is 0. The number of anilines is 1. The van der Waals surface area contributed by atoms with Crippen molar-refractivity contribution >= 4 is 46.6 Å². The van der Waals surface area contributed by atoms with Gasteiger partial charge in [-0.1, -0.05) is 41.4 Å². The number of nitrogens with zero attached hydrogens (tertiary/aromatic N) is 4. The number of piperidine rings is 1. The summed E-state index contributed by atoms with van der Waals surface area (Å²) in [6.45, 7) is 1.98. The van der Waals surface area contributed by atoms with Crippen LogP contribution in [0, 0.1) is 5.41 Å². The molecule has 2 aromatic heterocycles. The van der Waals surface area contributed by atoms with Gasteiger partial charge in [-0.2, -0.15) is 0 Å². The molecule has 0 bridgehead atoms. The van der Waals surface area contributed by atoms with Crippen LogP contribution in [-0.2, 0) is 0 Å². The second-order valence-electron chi connectivity index (χ2n) is 8.07. The monoisotopic (exact) mass is 447 g/mol. The van der Waals surface area contributed by atoms with Gasteiger partial charge in [0, 0.05) is 47.6 Å². The summed E-state index contributed by atoms with van der Waals surface area (Å²) in [6.07, 6.45) is 11.7. The van der Waals surface area contributed by atoms with Crippen LogP contribution in [0.2, 0.25) is 10.0 Å². The van der Waals surface area contributed by atoms with E-state index in [0.29, 0.717) is 21.5 Å². The molecule has 8 heteroatoms. The van der Waals surface area contributed by atoms with Crippen LogP contribution in [0.5, 0.6) is 0 Å².